The summed E-state index contributed by atoms with van der Waals surface area (Å²) in [5.74, 6) is -0.505. The van der Waals surface area contributed by atoms with Crippen LogP contribution < -0.4 is 5.32 Å². The number of amides is 1. The van der Waals surface area contributed by atoms with E-state index in [0.29, 0.717) is 16.6 Å². The number of rotatable bonds is 4. The lowest BCUT2D eigenvalue weighted by atomic mass is 10.2. The predicted octanol–water partition coefficient (Wildman–Crippen LogP) is 3.64. The lowest BCUT2D eigenvalue weighted by Gasteiger charge is -2.11. The molecule has 1 aromatic carbocycles. The van der Waals surface area contributed by atoms with Gasteiger partial charge in [-0.1, -0.05) is 18.2 Å². The van der Waals surface area contributed by atoms with Gasteiger partial charge in [0.1, 0.15) is 5.69 Å². The number of alkyl halides is 2. The highest BCUT2D eigenvalue weighted by Crippen LogP contribution is 2.28. The van der Waals surface area contributed by atoms with E-state index in [-0.39, 0.29) is 11.4 Å². The van der Waals surface area contributed by atoms with Crippen LogP contribution in [0.5, 0.6) is 0 Å². The topological polar surface area (TPSA) is 88.5 Å². The molecule has 27 heavy (non-hydrogen) atoms. The van der Waals surface area contributed by atoms with Crippen molar-refractivity contribution in [3.05, 3.63) is 65.7 Å². The van der Waals surface area contributed by atoms with Crippen molar-refractivity contribution < 1.29 is 13.6 Å². The number of H-pyrrole nitrogens is 1. The molecule has 2 N–H and O–H groups in total. The van der Waals surface area contributed by atoms with Crippen LogP contribution in [0.2, 0.25) is 0 Å². The standard InChI is InChI=1S/C18H14F2N6O/c1-10-4-2-3-5-14(10)26-15(16(19)20)12(9-22-26)18(27)23-17-11-8-21-7-6-13(11)24-25-17/h2-9,16H,1H3,(H2,23,24,25,27). The first kappa shape index (κ1) is 16.8. The number of nitrogens with one attached hydrogen (secondary N) is 2. The van der Waals surface area contributed by atoms with Gasteiger partial charge in [-0.3, -0.25) is 14.9 Å². The Hall–Kier alpha value is -3.62. The molecule has 4 rings (SSSR count). The minimum atomic E-state index is -2.88. The molecule has 3 aromatic heterocycles. The fourth-order valence-electron chi connectivity index (χ4n) is 2.86. The smallest absolute Gasteiger partial charge is 0.281 e. The van der Waals surface area contributed by atoms with Crippen molar-refractivity contribution >= 4 is 22.6 Å². The summed E-state index contributed by atoms with van der Waals surface area (Å²) in [4.78, 5) is 16.6. The second-order valence-corrected chi connectivity index (χ2v) is 5.89. The number of anilines is 1. The number of hydrogen-bond donors (Lipinski definition) is 2. The highest BCUT2D eigenvalue weighted by molar-refractivity contribution is 6.08. The van der Waals surface area contributed by atoms with Gasteiger partial charge >= 0.3 is 0 Å². The summed E-state index contributed by atoms with van der Waals surface area (Å²) in [5.41, 5.74) is 1.23. The molecule has 0 atom stereocenters. The van der Waals surface area contributed by atoms with Gasteiger partial charge in [0.2, 0.25) is 0 Å². The molecular formula is C18H14F2N6O. The number of aromatic amines is 1. The minimum Gasteiger partial charge on any atom is -0.304 e. The van der Waals surface area contributed by atoms with Crippen molar-refractivity contribution in [3.8, 4) is 5.69 Å². The van der Waals surface area contributed by atoms with Crippen molar-refractivity contribution in [3.63, 3.8) is 0 Å². The molecule has 0 fully saturated rings. The van der Waals surface area contributed by atoms with Crippen LogP contribution in [-0.2, 0) is 0 Å². The van der Waals surface area contributed by atoms with E-state index in [9.17, 15) is 13.6 Å². The van der Waals surface area contributed by atoms with E-state index in [2.05, 4.69) is 25.6 Å². The molecule has 0 aliphatic heterocycles. The van der Waals surface area contributed by atoms with E-state index in [4.69, 9.17) is 0 Å². The summed E-state index contributed by atoms with van der Waals surface area (Å²) in [6.07, 6.45) is 1.36. The summed E-state index contributed by atoms with van der Waals surface area (Å²) in [5, 5.41) is 13.9. The number of nitrogens with zero attached hydrogens (tertiary/aromatic N) is 4. The van der Waals surface area contributed by atoms with Crippen LogP contribution in [-0.4, -0.2) is 30.9 Å². The number of para-hydroxylation sites is 1. The molecule has 0 saturated carbocycles. The van der Waals surface area contributed by atoms with E-state index < -0.39 is 18.0 Å². The molecule has 3 heterocycles. The Labute approximate surface area is 152 Å². The Morgan fingerprint density at radius 3 is 2.81 bits per heavy atom. The molecule has 4 aromatic rings. The number of fused-ring (bicyclic) bond motifs is 1. The highest BCUT2D eigenvalue weighted by atomic mass is 19.3. The maximum atomic E-state index is 13.8. The highest BCUT2D eigenvalue weighted by Gasteiger charge is 2.26. The maximum Gasteiger partial charge on any atom is 0.281 e. The van der Waals surface area contributed by atoms with Crippen molar-refractivity contribution in [2.24, 2.45) is 0 Å². The third-order valence-corrected chi connectivity index (χ3v) is 4.20. The van der Waals surface area contributed by atoms with Gasteiger partial charge in [-0.2, -0.15) is 10.2 Å². The van der Waals surface area contributed by atoms with E-state index in [1.165, 1.54) is 6.20 Å². The Balaban J connectivity index is 1.73. The van der Waals surface area contributed by atoms with Gasteiger partial charge in [0, 0.05) is 12.4 Å². The zero-order chi connectivity index (χ0) is 19.0. The van der Waals surface area contributed by atoms with Gasteiger partial charge in [0.15, 0.2) is 5.82 Å². The third kappa shape index (κ3) is 2.92. The Kier molecular flexibility index (Phi) is 4.11. The quantitative estimate of drug-likeness (QED) is 0.576. The number of aryl methyl sites for hydroxylation is 1. The summed E-state index contributed by atoms with van der Waals surface area (Å²) >= 11 is 0. The molecule has 1 amide bonds. The lowest BCUT2D eigenvalue weighted by Crippen LogP contribution is -2.15. The van der Waals surface area contributed by atoms with E-state index in [1.807, 2.05) is 0 Å². The van der Waals surface area contributed by atoms with Gasteiger partial charge in [0.25, 0.3) is 12.3 Å². The monoisotopic (exact) mass is 368 g/mol. The molecule has 0 saturated heterocycles. The van der Waals surface area contributed by atoms with Crippen LogP contribution in [0.25, 0.3) is 16.6 Å². The minimum absolute atomic E-state index is 0.215. The van der Waals surface area contributed by atoms with Crippen molar-refractivity contribution in [2.45, 2.75) is 13.3 Å². The summed E-state index contributed by atoms with van der Waals surface area (Å²) < 4.78 is 28.6. The number of pyridine rings is 1. The van der Waals surface area contributed by atoms with E-state index >= 15 is 0 Å². The first-order chi connectivity index (χ1) is 13.1. The number of hydrogen-bond acceptors (Lipinski definition) is 4. The lowest BCUT2D eigenvalue weighted by molar-refractivity contribution is 0.100. The molecule has 0 aliphatic rings. The Morgan fingerprint density at radius 1 is 1.22 bits per heavy atom. The summed E-state index contributed by atoms with van der Waals surface area (Å²) in [6, 6.07) is 8.67. The number of aromatic nitrogens is 5. The molecule has 0 aliphatic carbocycles. The average molecular weight is 368 g/mol. The van der Waals surface area contributed by atoms with Gasteiger partial charge in [0.05, 0.1) is 28.4 Å². The van der Waals surface area contributed by atoms with E-state index in [1.54, 1.807) is 43.5 Å². The first-order valence-electron chi connectivity index (χ1n) is 8.07. The maximum absolute atomic E-state index is 13.8. The number of carbonyl (C=O) groups excluding carboxylic acids is 1. The van der Waals surface area contributed by atoms with Crippen LogP contribution in [0.1, 0.15) is 28.0 Å². The van der Waals surface area contributed by atoms with Crippen molar-refractivity contribution in [1.82, 2.24) is 25.0 Å². The Bertz CT molecular complexity index is 1130. The number of carbonyl (C=O) groups is 1. The molecule has 136 valence electrons. The van der Waals surface area contributed by atoms with Crippen LogP contribution in [0.4, 0.5) is 14.6 Å². The normalized spacial score (nSPS) is 11.3. The van der Waals surface area contributed by atoms with Crippen LogP contribution in [0.15, 0.2) is 48.9 Å². The zero-order valence-corrected chi connectivity index (χ0v) is 14.1. The van der Waals surface area contributed by atoms with Gasteiger partial charge in [-0.15, -0.1) is 0 Å². The molecule has 0 spiro atoms. The summed E-state index contributed by atoms with van der Waals surface area (Å²) in [7, 11) is 0. The molecule has 7 nitrogen and oxygen atoms in total. The predicted molar refractivity (Wildman–Crippen MR) is 95.1 cm³/mol. The van der Waals surface area contributed by atoms with E-state index in [0.717, 1.165) is 16.4 Å². The van der Waals surface area contributed by atoms with Crippen molar-refractivity contribution in [2.75, 3.05) is 5.32 Å². The SMILES string of the molecule is Cc1ccccc1-n1ncc(C(=O)Nc2n[nH]c3ccncc23)c1C(F)F. The van der Waals surface area contributed by atoms with Crippen molar-refractivity contribution in [1.29, 1.82) is 0 Å². The van der Waals surface area contributed by atoms with Crippen LogP contribution in [0.3, 0.4) is 0 Å². The fraction of sp³-hybridized carbons (Fsp3) is 0.111. The van der Waals surface area contributed by atoms with Gasteiger partial charge < -0.3 is 5.32 Å². The molecule has 0 radical (unpaired) electrons. The zero-order valence-electron chi connectivity index (χ0n) is 14.1. The summed E-state index contributed by atoms with van der Waals surface area (Å²) in [6.45, 7) is 1.79. The van der Waals surface area contributed by atoms with Gasteiger partial charge in [-0.05, 0) is 24.6 Å². The number of benzene rings is 1. The second-order valence-electron chi connectivity index (χ2n) is 5.89. The van der Waals surface area contributed by atoms with Crippen LogP contribution in [0, 0.1) is 6.92 Å². The second kappa shape index (κ2) is 6.60. The molecule has 9 heteroatoms. The third-order valence-electron chi connectivity index (χ3n) is 4.20. The number of halogens is 2. The molecule has 0 unspecified atom stereocenters. The Morgan fingerprint density at radius 2 is 2.04 bits per heavy atom. The molecular weight excluding hydrogens is 354 g/mol. The average Bonchev–Trinajstić information content (AvgIpc) is 3.27. The molecule has 0 bridgehead atoms. The fourth-order valence-corrected chi connectivity index (χ4v) is 2.86. The van der Waals surface area contributed by atoms with Crippen LogP contribution >= 0.6 is 0 Å². The first-order valence-corrected chi connectivity index (χ1v) is 8.07. The van der Waals surface area contributed by atoms with Gasteiger partial charge in [-0.25, -0.2) is 13.5 Å². The largest absolute Gasteiger partial charge is 0.304 e.